The largest absolute Gasteiger partial charge is 0.369 e. The number of aromatic nitrogens is 4. The van der Waals surface area contributed by atoms with Crippen molar-refractivity contribution in [1.29, 1.82) is 0 Å². The smallest absolute Gasteiger partial charge is 0.225 e. The summed E-state index contributed by atoms with van der Waals surface area (Å²) < 4.78 is 14.7. The molecular weight excluding hydrogens is 403 g/mol. The highest BCUT2D eigenvalue weighted by Crippen LogP contribution is 2.43. The Morgan fingerprint density at radius 1 is 0.906 bits per heavy atom. The van der Waals surface area contributed by atoms with Gasteiger partial charge in [0, 0.05) is 66.5 Å². The van der Waals surface area contributed by atoms with E-state index in [1.165, 1.54) is 6.07 Å². The molecular formula is C25H25FN6. The van der Waals surface area contributed by atoms with Crippen molar-refractivity contribution in [1.82, 2.24) is 19.9 Å². The van der Waals surface area contributed by atoms with E-state index >= 15 is 0 Å². The topological polar surface area (TPSA) is 60.9 Å². The normalized spacial score (nSPS) is 20.3. The molecule has 5 heterocycles. The fraction of sp³-hybridized carbons (Fsp3) is 0.320. The number of rotatable bonds is 3. The highest BCUT2D eigenvalue weighted by molar-refractivity contribution is 6.01. The van der Waals surface area contributed by atoms with Crippen LogP contribution in [0.3, 0.4) is 0 Å². The lowest BCUT2D eigenvalue weighted by molar-refractivity contribution is 0.533. The number of para-hydroxylation sites is 1. The molecule has 2 fully saturated rings. The molecule has 0 amide bonds. The number of aromatic amines is 1. The van der Waals surface area contributed by atoms with Crippen LogP contribution in [0, 0.1) is 31.5 Å². The van der Waals surface area contributed by atoms with Gasteiger partial charge in [-0.3, -0.25) is 4.98 Å². The van der Waals surface area contributed by atoms with E-state index in [1.54, 1.807) is 12.3 Å². The van der Waals surface area contributed by atoms with Crippen LogP contribution >= 0.6 is 0 Å². The first-order valence-electron chi connectivity index (χ1n) is 11.1. The van der Waals surface area contributed by atoms with Crippen LogP contribution in [0.4, 0.5) is 16.0 Å². The summed E-state index contributed by atoms with van der Waals surface area (Å²) in [5, 5.41) is 1.11. The molecule has 2 saturated heterocycles. The standard InChI is InChI=1S/C25H25FN6/c1-15-10-16(2)29-25(28-15)32-13-17-11-31(12-18(17)14-32)24-19-6-3-4-8-21(19)30-23(24)22-20(26)7-5-9-27-22/h3-10,17-18,30H,11-14H2,1-2H3/t17-,18+. The predicted octanol–water partition coefficient (Wildman–Crippen LogP) is 4.35. The third-order valence-corrected chi connectivity index (χ3v) is 6.73. The zero-order chi connectivity index (χ0) is 21.8. The molecule has 4 aromatic rings. The van der Waals surface area contributed by atoms with Crippen LogP contribution in [-0.4, -0.2) is 46.1 Å². The van der Waals surface area contributed by atoms with Crippen LogP contribution in [0.1, 0.15) is 11.4 Å². The average Bonchev–Trinajstić information content (AvgIpc) is 3.44. The summed E-state index contributed by atoms with van der Waals surface area (Å²) in [6.07, 6.45) is 1.65. The fourth-order valence-electron chi connectivity index (χ4n) is 5.38. The first-order valence-corrected chi connectivity index (χ1v) is 11.1. The number of halogens is 1. The lowest BCUT2D eigenvalue weighted by Crippen LogP contribution is -2.30. The van der Waals surface area contributed by atoms with Gasteiger partial charge in [-0.1, -0.05) is 18.2 Å². The van der Waals surface area contributed by atoms with Crippen LogP contribution in [0.15, 0.2) is 48.7 Å². The molecule has 2 aliphatic rings. The molecule has 2 atom stereocenters. The quantitative estimate of drug-likeness (QED) is 0.526. The summed E-state index contributed by atoms with van der Waals surface area (Å²) in [7, 11) is 0. The van der Waals surface area contributed by atoms with Crippen molar-refractivity contribution in [3.05, 3.63) is 65.9 Å². The van der Waals surface area contributed by atoms with Crippen molar-refractivity contribution < 1.29 is 4.39 Å². The van der Waals surface area contributed by atoms with E-state index in [-0.39, 0.29) is 5.82 Å². The summed E-state index contributed by atoms with van der Waals surface area (Å²) >= 11 is 0. The maximum atomic E-state index is 14.7. The van der Waals surface area contributed by atoms with Gasteiger partial charge in [-0.15, -0.1) is 0 Å². The number of hydrogen-bond donors (Lipinski definition) is 1. The molecule has 0 aliphatic carbocycles. The van der Waals surface area contributed by atoms with Crippen molar-refractivity contribution in [2.45, 2.75) is 13.8 Å². The molecule has 0 spiro atoms. The van der Waals surface area contributed by atoms with Crippen molar-refractivity contribution in [2.75, 3.05) is 36.0 Å². The van der Waals surface area contributed by atoms with Crippen molar-refractivity contribution in [3.8, 4) is 11.4 Å². The zero-order valence-corrected chi connectivity index (χ0v) is 18.2. The first-order chi connectivity index (χ1) is 15.6. The summed E-state index contributed by atoms with van der Waals surface area (Å²) in [5.74, 6) is 1.58. The molecule has 3 aromatic heterocycles. The number of aryl methyl sites for hydroxylation is 2. The van der Waals surface area contributed by atoms with Crippen molar-refractivity contribution in [3.63, 3.8) is 0 Å². The summed E-state index contributed by atoms with van der Waals surface area (Å²) in [6.45, 7) is 7.78. The lowest BCUT2D eigenvalue weighted by atomic mass is 10.0. The molecule has 0 saturated carbocycles. The minimum Gasteiger partial charge on any atom is -0.369 e. The Morgan fingerprint density at radius 2 is 1.59 bits per heavy atom. The number of pyridine rings is 1. The molecule has 2 aliphatic heterocycles. The first kappa shape index (κ1) is 19.2. The zero-order valence-electron chi connectivity index (χ0n) is 18.2. The molecule has 1 N–H and O–H groups in total. The second kappa shape index (κ2) is 7.29. The molecule has 7 heteroatoms. The second-order valence-corrected chi connectivity index (χ2v) is 9.01. The lowest BCUT2D eigenvalue weighted by Gasteiger charge is -2.24. The predicted molar refractivity (Wildman–Crippen MR) is 124 cm³/mol. The highest BCUT2D eigenvalue weighted by atomic mass is 19.1. The molecule has 1 aromatic carbocycles. The van der Waals surface area contributed by atoms with Gasteiger partial charge in [-0.05, 0) is 38.1 Å². The van der Waals surface area contributed by atoms with E-state index in [1.807, 2.05) is 38.1 Å². The number of H-pyrrole nitrogens is 1. The molecule has 162 valence electrons. The molecule has 32 heavy (non-hydrogen) atoms. The van der Waals surface area contributed by atoms with Crippen molar-refractivity contribution in [2.24, 2.45) is 11.8 Å². The van der Waals surface area contributed by atoms with Gasteiger partial charge in [0.25, 0.3) is 0 Å². The van der Waals surface area contributed by atoms with Gasteiger partial charge in [0.15, 0.2) is 5.82 Å². The summed E-state index contributed by atoms with van der Waals surface area (Å²) in [5.41, 5.74) is 5.21. The Labute approximate surface area is 186 Å². The van der Waals surface area contributed by atoms with E-state index in [0.29, 0.717) is 17.5 Å². The number of fused-ring (bicyclic) bond motifs is 2. The Hall–Kier alpha value is -3.48. The van der Waals surface area contributed by atoms with Crippen LogP contribution in [0.25, 0.3) is 22.3 Å². The van der Waals surface area contributed by atoms with Gasteiger partial charge < -0.3 is 14.8 Å². The van der Waals surface area contributed by atoms with E-state index in [9.17, 15) is 4.39 Å². The van der Waals surface area contributed by atoms with E-state index in [4.69, 9.17) is 0 Å². The number of nitrogens with zero attached hydrogens (tertiary/aromatic N) is 5. The SMILES string of the molecule is Cc1cc(C)nc(N2C[C@@H]3CN(c4c(-c5ncccc5F)[nH]c5ccccc45)C[C@@H]3C2)n1. The minimum absolute atomic E-state index is 0.308. The Balaban J connectivity index is 1.33. The molecule has 6 rings (SSSR count). The van der Waals surface area contributed by atoms with Crippen LogP contribution in [-0.2, 0) is 0 Å². The highest BCUT2D eigenvalue weighted by Gasteiger charge is 2.42. The van der Waals surface area contributed by atoms with Gasteiger partial charge in [0.1, 0.15) is 5.69 Å². The minimum atomic E-state index is -0.308. The Morgan fingerprint density at radius 3 is 2.31 bits per heavy atom. The van der Waals surface area contributed by atoms with Gasteiger partial charge in [-0.25, -0.2) is 14.4 Å². The third-order valence-electron chi connectivity index (χ3n) is 6.73. The maximum absolute atomic E-state index is 14.7. The number of benzene rings is 1. The summed E-state index contributed by atoms with van der Waals surface area (Å²) in [4.78, 5) is 21.9. The van der Waals surface area contributed by atoms with Crippen LogP contribution in [0.2, 0.25) is 0 Å². The van der Waals surface area contributed by atoms with E-state index in [2.05, 4.69) is 35.8 Å². The Bertz CT molecular complexity index is 1280. The van der Waals surface area contributed by atoms with Gasteiger partial charge in [0.2, 0.25) is 5.95 Å². The molecule has 0 bridgehead atoms. The average molecular weight is 429 g/mol. The van der Waals surface area contributed by atoms with Gasteiger partial charge >= 0.3 is 0 Å². The Kier molecular flexibility index (Phi) is 4.38. The second-order valence-electron chi connectivity index (χ2n) is 9.01. The third kappa shape index (κ3) is 3.11. The monoisotopic (exact) mass is 428 g/mol. The molecule has 0 radical (unpaired) electrons. The molecule has 0 unspecified atom stereocenters. The van der Waals surface area contributed by atoms with Gasteiger partial charge in [-0.2, -0.15) is 0 Å². The number of hydrogen-bond acceptors (Lipinski definition) is 5. The van der Waals surface area contributed by atoms with Crippen LogP contribution < -0.4 is 9.80 Å². The molecule has 6 nitrogen and oxygen atoms in total. The van der Waals surface area contributed by atoms with Gasteiger partial charge in [0.05, 0.1) is 11.4 Å². The fourth-order valence-corrected chi connectivity index (χ4v) is 5.38. The van der Waals surface area contributed by atoms with E-state index < -0.39 is 0 Å². The van der Waals surface area contributed by atoms with Crippen LogP contribution in [0.5, 0.6) is 0 Å². The van der Waals surface area contributed by atoms with E-state index in [0.717, 1.165) is 65.8 Å². The maximum Gasteiger partial charge on any atom is 0.225 e. The van der Waals surface area contributed by atoms with Crippen molar-refractivity contribution >= 4 is 22.5 Å². The number of anilines is 2. The number of nitrogens with one attached hydrogen (secondary N) is 1. The summed E-state index contributed by atoms with van der Waals surface area (Å²) in [6, 6.07) is 13.3.